The summed E-state index contributed by atoms with van der Waals surface area (Å²) in [5.41, 5.74) is 9.83. The van der Waals surface area contributed by atoms with E-state index < -0.39 is 5.54 Å². The maximum Gasteiger partial charge on any atom is 0.0663 e. The summed E-state index contributed by atoms with van der Waals surface area (Å²) in [6.45, 7) is 5.87. The van der Waals surface area contributed by atoms with E-state index in [1.54, 1.807) is 0 Å². The van der Waals surface area contributed by atoms with Crippen LogP contribution in [0.2, 0.25) is 0 Å². The van der Waals surface area contributed by atoms with Crippen molar-refractivity contribution in [2.45, 2.75) is 39.2 Å². The van der Waals surface area contributed by atoms with E-state index in [2.05, 4.69) is 38.1 Å². The Bertz CT molecular complexity index is 557. The van der Waals surface area contributed by atoms with Crippen LogP contribution < -0.4 is 5.73 Å². The molecule has 0 atom stereocenters. The largest absolute Gasteiger partial charge is 0.394 e. The molecule has 0 saturated carbocycles. The van der Waals surface area contributed by atoms with Crippen LogP contribution in [0.5, 0.6) is 0 Å². The molecule has 0 aliphatic rings. The standard InChI is InChI=1S/C11H17NO2.C9H12/c1-9-2-4-10(5-3-9)6-11(12,7-13)8-14;1-3-9-6-4-8(2)5-7-9/h2-5,13-14H,6-8,12H2,1H3;4-7H,3H2,1-2H3. The zero-order valence-corrected chi connectivity index (χ0v) is 14.4. The van der Waals surface area contributed by atoms with Crippen molar-refractivity contribution in [3.05, 3.63) is 70.8 Å². The normalized spacial score (nSPS) is 10.9. The van der Waals surface area contributed by atoms with Crippen molar-refractivity contribution in [2.75, 3.05) is 13.2 Å². The highest BCUT2D eigenvalue weighted by molar-refractivity contribution is 5.23. The minimum Gasteiger partial charge on any atom is -0.394 e. The monoisotopic (exact) mass is 315 g/mol. The van der Waals surface area contributed by atoms with Gasteiger partial charge in [-0.15, -0.1) is 0 Å². The van der Waals surface area contributed by atoms with Gasteiger partial charge in [-0.05, 0) is 37.8 Å². The van der Waals surface area contributed by atoms with Crippen LogP contribution >= 0.6 is 0 Å². The first-order chi connectivity index (χ1) is 10.9. The molecule has 0 saturated heterocycles. The number of nitrogens with two attached hydrogens (primary N) is 1. The molecule has 0 fully saturated rings. The highest BCUT2D eigenvalue weighted by atomic mass is 16.3. The molecule has 0 heterocycles. The number of aliphatic hydroxyl groups is 2. The Balaban J connectivity index is 0.000000253. The molecule has 2 aromatic carbocycles. The molecule has 4 N–H and O–H groups in total. The molecule has 0 unspecified atom stereocenters. The third kappa shape index (κ3) is 6.95. The fraction of sp³-hybridized carbons (Fsp3) is 0.400. The van der Waals surface area contributed by atoms with E-state index in [0.29, 0.717) is 6.42 Å². The van der Waals surface area contributed by atoms with Crippen LogP contribution in [0.15, 0.2) is 48.5 Å². The third-order valence-corrected chi connectivity index (χ3v) is 3.84. The van der Waals surface area contributed by atoms with Crippen molar-refractivity contribution in [3.63, 3.8) is 0 Å². The molecule has 0 aromatic heterocycles. The molecule has 126 valence electrons. The van der Waals surface area contributed by atoms with Crippen molar-refractivity contribution < 1.29 is 10.2 Å². The second kappa shape index (κ2) is 9.46. The molecule has 23 heavy (non-hydrogen) atoms. The Morgan fingerprint density at radius 3 is 1.52 bits per heavy atom. The van der Waals surface area contributed by atoms with E-state index in [4.69, 9.17) is 15.9 Å². The van der Waals surface area contributed by atoms with E-state index in [9.17, 15) is 0 Å². The molecule has 0 radical (unpaired) electrons. The van der Waals surface area contributed by atoms with Gasteiger partial charge >= 0.3 is 0 Å². The Kier molecular flexibility index (Phi) is 7.96. The van der Waals surface area contributed by atoms with Crippen LogP contribution in [-0.4, -0.2) is 29.0 Å². The van der Waals surface area contributed by atoms with Gasteiger partial charge in [0.15, 0.2) is 0 Å². The Morgan fingerprint density at radius 1 is 0.783 bits per heavy atom. The summed E-state index contributed by atoms with van der Waals surface area (Å²) in [4.78, 5) is 0. The molecular formula is C20H29NO2. The summed E-state index contributed by atoms with van der Waals surface area (Å²) in [6.07, 6.45) is 1.63. The molecule has 0 amide bonds. The minimum atomic E-state index is -0.907. The molecular weight excluding hydrogens is 286 g/mol. The summed E-state index contributed by atoms with van der Waals surface area (Å²) < 4.78 is 0. The van der Waals surface area contributed by atoms with Crippen LogP contribution in [0.3, 0.4) is 0 Å². The number of rotatable bonds is 5. The average molecular weight is 315 g/mol. The van der Waals surface area contributed by atoms with E-state index in [1.807, 2.05) is 31.2 Å². The molecule has 0 aliphatic heterocycles. The Morgan fingerprint density at radius 2 is 1.17 bits per heavy atom. The van der Waals surface area contributed by atoms with Crippen molar-refractivity contribution in [3.8, 4) is 0 Å². The number of benzene rings is 2. The lowest BCUT2D eigenvalue weighted by atomic mass is 9.93. The van der Waals surface area contributed by atoms with Gasteiger partial charge in [0.2, 0.25) is 0 Å². The first-order valence-electron chi connectivity index (χ1n) is 8.04. The van der Waals surface area contributed by atoms with Gasteiger partial charge < -0.3 is 15.9 Å². The second-order valence-corrected chi connectivity index (χ2v) is 6.18. The fourth-order valence-corrected chi connectivity index (χ4v) is 2.10. The van der Waals surface area contributed by atoms with Gasteiger partial charge in [-0.3, -0.25) is 0 Å². The zero-order chi connectivity index (χ0) is 17.3. The quantitative estimate of drug-likeness (QED) is 0.795. The summed E-state index contributed by atoms with van der Waals surface area (Å²) in [5.74, 6) is 0. The minimum absolute atomic E-state index is 0.211. The van der Waals surface area contributed by atoms with Gasteiger partial charge in [-0.2, -0.15) is 0 Å². The van der Waals surface area contributed by atoms with Crippen molar-refractivity contribution in [2.24, 2.45) is 5.73 Å². The second-order valence-electron chi connectivity index (χ2n) is 6.18. The maximum absolute atomic E-state index is 9.02. The lowest BCUT2D eigenvalue weighted by Crippen LogP contribution is -2.49. The first-order valence-corrected chi connectivity index (χ1v) is 8.04. The Labute approximate surface area is 139 Å². The summed E-state index contributed by atoms with van der Waals surface area (Å²) in [7, 11) is 0. The molecule has 2 rings (SSSR count). The number of hydrogen-bond donors (Lipinski definition) is 3. The highest BCUT2D eigenvalue weighted by Crippen LogP contribution is 2.11. The Hall–Kier alpha value is -1.68. The third-order valence-electron chi connectivity index (χ3n) is 3.84. The van der Waals surface area contributed by atoms with Crippen LogP contribution in [0, 0.1) is 13.8 Å². The van der Waals surface area contributed by atoms with Crippen LogP contribution in [0.25, 0.3) is 0 Å². The predicted octanol–water partition coefficient (Wildman–Crippen LogP) is 2.78. The maximum atomic E-state index is 9.02. The molecule has 0 spiro atoms. The predicted molar refractivity (Wildman–Crippen MR) is 96.5 cm³/mol. The van der Waals surface area contributed by atoms with Crippen LogP contribution in [0.1, 0.15) is 29.2 Å². The van der Waals surface area contributed by atoms with Gasteiger partial charge in [-0.25, -0.2) is 0 Å². The van der Waals surface area contributed by atoms with E-state index >= 15 is 0 Å². The smallest absolute Gasteiger partial charge is 0.0663 e. The summed E-state index contributed by atoms with van der Waals surface area (Å²) in [5, 5.41) is 18.0. The summed E-state index contributed by atoms with van der Waals surface area (Å²) >= 11 is 0. The number of hydrogen-bond acceptors (Lipinski definition) is 3. The lowest BCUT2D eigenvalue weighted by Gasteiger charge is -2.24. The lowest BCUT2D eigenvalue weighted by molar-refractivity contribution is 0.121. The van der Waals surface area contributed by atoms with Gasteiger partial charge in [0.1, 0.15) is 0 Å². The van der Waals surface area contributed by atoms with Crippen molar-refractivity contribution in [1.29, 1.82) is 0 Å². The van der Waals surface area contributed by atoms with E-state index in [-0.39, 0.29) is 13.2 Å². The molecule has 3 nitrogen and oxygen atoms in total. The topological polar surface area (TPSA) is 66.5 Å². The van der Waals surface area contributed by atoms with Gasteiger partial charge in [0, 0.05) is 0 Å². The van der Waals surface area contributed by atoms with Crippen LogP contribution in [-0.2, 0) is 12.8 Å². The number of aryl methyl sites for hydroxylation is 3. The number of aliphatic hydroxyl groups excluding tert-OH is 2. The highest BCUT2D eigenvalue weighted by Gasteiger charge is 2.23. The van der Waals surface area contributed by atoms with Gasteiger partial charge in [-0.1, -0.05) is 66.6 Å². The van der Waals surface area contributed by atoms with Gasteiger partial charge in [0.05, 0.1) is 18.8 Å². The molecule has 0 aliphatic carbocycles. The van der Waals surface area contributed by atoms with E-state index in [0.717, 1.165) is 12.0 Å². The summed E-state index contributed by atoms with van der Waals surface area (Å²) in [6, 6.07) is 16.6. The zero-order valence-electron chi connectivity index (χ0n) is 14.4. The molecule has 0 bridgehead atoms. The fourth-order valence-electron chi connectivity index (χ4n) is 2.10. The first kappa shape index (κ1) is 19.4. The van der Waals surface area contributed by atoms with Crippen molar-refractivity contribution in [1.82, 2.24) is 0 Å². The average Bonchev–Trinajstić information content (AvgIpc) is 2.58. The van der Waals surface area contributed by atoms with Crippen LogP contribution in [0.4, 0.5) is 0 Å². The van der Waals surface area contributed by atoms with Gasteiger partial charge in [0.25, 0.3) is 0 Å². The van der Waals surface area contributed by atoms with Crippen molar-refractivity contribution >= 4 is 0 Å². The SMILES string of the molecule is CCc1ccc(C)cc1.Cc1ccc(CC(N)(CO)CO)cc1. The molecule has 2 aromatic rings. The van der Waals surface area contributed by atoms with E-state index in [1.165, 1.54) is 16.7 Å². The molecule has 3 heteroatoms.